The van der Waals surface area contributed by atoms with E-state index in [1.807, 2.05) is 27.7 Å². The van der Waals surface area contributed by atoms with Gasteiger partial charge in [0, 0.05) is 18.5 Å². The van der Waals surface area contributed by atoms with Crippen molar-refractivity contribution < 1.29 is 14.6 Å². The van der Waals surface area contributed by atoms with Gasteiger partial charge in [0.25, 0.3) is 5.91 Å². The van der Waals surface area contributed by atoms with Gasteiger partial charge in [0.1, 0.15) is 11.5 Å². The SMILES string of the molecule is Cc1c(C)c2c(c(C)c1O)CCC(C)(C(=O)NCCCCC(C)C)O2. The lowest BCUT2D eigenvalue weighted by Gasteiger charge is -2.36. The summed E-state index contributed by atoms with van der Waals surface area (Å²) in [7, 11) is 0. The summed E-state index contributed by atoms with van der Waals surface area (Å²) in [4.78, 5) is 12.7. The van der Waals surface area contributed by atoms with Gasteiger partial charge in [0.15, 0.2) is 5.60 Å². The van der Waals surface area contributed by atoms with E-state index in [0.29, 0.717) is 24.6 Å². The number of carbonyl (C=O) groups excluding carboxylic acids is 1. The van der Waals surface area contributed by atoms with Crippen LogP contribution in [-0.2, 0) is 11.2 Å². The number of hydrogen-bond donors (Lipinski definition) is 2. The normalized spacial score (nSPS) is 19.5. The maximum Gasteiger partial charge on any atom is 0.263 e. The molecule has 4 nitrogen and oxygen atoms in total. The zero-order chi connectivity index (χ0) is 18.8. The van der Waals surface area contributed by atoms with Gasteiger partial charge >= 0.3 is 0 Å². The third-order valence-corrected chi connectivity index (χ3v) is 5.49. The molecule has 0 saturated heterocycles. The van der Waals surface area contributed by atoms with Crippen LogP contribution in [-0.4, -0.2) is 23.2 Å². The van der Waals surface area contributed by atoms with Gasteiger partial charge in [-0.3, -0.25) is 4.79 Å². The summed E-state index contributed by atoms with van der Waals surface area (Å²) in [6.07, 6.45) is 4.70. The second kappa shape index (κ2) is 7.67. The number of phenolic OH excluding ortho intramolecular Hbond substituents is 1. The van der Waals surface area contributed by atoms with Gasteiger partial charge in [-0.2, -0.15) is 0 Å². The van der Waals surface area contributed by atoms with Crippen molar-refractivity contribution in [3.63, 3.8) is 0 Å². The Morgan fingerprint density at radius 3 is 2.52 bits per heavy atom. The first-order valence-electron chi connectivity index (χ1n) is 9.46. The minimum absolute atomic E-state index is 0.0366. The molecule has 0 radical (unpaired) electrons. The van der Waals surface area contributed by atoms with E-state index in [4.69, 9.17) is 4.74 Å². The number of carbonyl (C=O) groups is 1. The Balaban J connectivity index is 2.06. The molecule has 1 aliphatic heterocycles. The molecule has 1 atom stereocenters. The van der Waals surface area contributed by atoms with Crippen LogP contribution >= 0.6 is 0 Å². The van der Waals surface area contributed by atoms with Crippen molar-refractivity contribution in [2.45, 2.75) is 79.2 Å². The number of phenols is 1. The molecule has 140 valence electrons. The summed E-state index contributed by atoms with van der Waals surface area (Å²) in [5.74, 6) is 1.79. The summed E-state index contributed by atoms with van der Waals surface area (Å²) < 4.78 is 6.20. The van der Waals surface area contributed by atoms with Gasteiger partial charge in [-0.15, -0.1) is 0 Å². The molecule has 1 aromatic rings. The van der Waals surface area contributed by atoms with Crippen LogP contribution in [0, 0.1) is 26.7 Å². The number of amides is 1. The van der Waals surface area contributed by atoms with E-state index in [1.165, 1.54) is 6.42 Å². The van der Waals surface area contributed by atoms with Crippen LogP contribution in [0.4, 0.5) is 0 Å². The number of unbranched alkanes of at least 4 members (excludes halogenated alkanes) is 1. The minimum atomic E-state index is -0.842. The second-order valence-corrected chi connectivity index (χ2v) is 8.01. The Kier molecular flexibility index (Phi) is 6.02. The fourth-order valence-electron chi connectivity index (χ4n) is 3.47. The predicted octanol–water partition coefficient (Wildman–Crippen LogP) is 4.34. The van der Waals surface area contributed by atoms with Crippen LogP contribution in [0.1, 0.15) is 68.7 Å². The number of benzene rings is 1. The fraction of sp³-hybridized carbons (Fsp3) is 0.667. The summed E-state index contributed by atoms with van der Waals surface area (Å²) in [6.45, 7) is 12.8. The molecular formula is C21H33NO3. The highest BCUT2D eigenvalue weighted by Gasteiger charge is 2.40. The van der Waals surface area contributed by atoms with Crippen LogP contribution < -0.4 is 10.1 Å². The smallest absolute Gasteiger partial charge is 0.263 e. The number of ether oxygens (including phenoxy) is 1. The number of rotatable bonds is 6. The molecule has 1 unspecified atom stereocenters. The maximum atomic E-state index is 12.7. The van der Waals surface area contributed by atoms with Crippen LogP contribution in [0.5, 0.6) is 11.5 Å². The van der Waals surface area contributed by atoms with Gasteiger partial charge < -0.3 is 15.2 Å². The topological polar surface area (TPSA) is 58.6 Å². The first-order valence-corrected chi connectivity index (χ1v) is 9.46. The highest BCUT2D eigenvalue weighted by atomic mass is 16.5. The molecule has 0 aliphatic carbocycles. The summed E-state index contributed by atoms with van der Waals surface area (Å²) in [5.41, 5.74) is 2.81. The molecule has 1 amide bonds. The van der Waals surface area contributed by atoms with Crippen molar-refractivity contribution in [1.82, 2.24) is 5.32 Å². The van der Waals surface area contributed by atoms with Crippen LogP contribution in [0.3, 0.4) is 0 Å². The molecular weight excluding hydrogens is 314 g/mol. The Hall–Kier alpha value is -1.71. The lowest BCUT2D eigenvalue weighted by atomic mass is 9.86. The van der Waals surface area contributed by atoms with Crippen molar-refractivity contribution >= 4 is 5.91 Å². The Morgan fingerprint density at radius 2 is 1.88 bits per heavy atom. The van der Waals surface area contributed by atoms with Crippen LogP contribution in [0.15, 0.2) is 0 Å². The van der Waals surface area contributed by atoms with Gasteiger partial charge in [-0.25, -0.2) is 0 Å². The molecule has 0 bridgehead atoms. The molecule has 2 N–H and O–H groups in total. The van der Waals surface area contributed by atoms with Crippen LogP contribution in [0.25, 0.3) is 0 Å². The molecule has 0 aromatic heterocycles. The van der Waals surface area contributed by atoms with E-state index in [0.717, 1.165) is 47.3 Å². The van der Waals surface area contributed by atoms with E-state index < -0.39 is 5.60 Å². The van der Waals surface area contributed by atoms with E-state index in [9.17, 15) is 9.90 Å². The van der Waals surface area contributed by atoms with E-state index in [-0.39, 0.29) is 5.91 Å². The zero-order valence-corrected chi connectivity index (χ0v) is 16.6. The largest absolute Gasteiger partial charge is 0.507 e. The molecule has 0 spiro atoms. The first kappa shape index (κ1) is 19.6. The van der Waals surface area contributed by atoms with Crippen molar-refractivity contribution in [2.75, 3.05) is 6.54 Å². The molecule has 2 rings (SSSR count). The number of nitrogens with one attached hydrogen (secondary N) is 1. The number of fused-ring (bicyclic) bond motifs is 1. The van der Waals surface area contributed by atoms with Gasteiger partial charge in [0.2, 0.25) is 0 Å². The molecule has 0 saturated carbocycles. The van der Waals surface area contributed by atoms with E-state index in [2.05, 4.69) is 19.2 Å². The third kappa shape index (κ3) is 4.10. The summed E-state index contributed by atoms with van der Waals surface area (Å²) >= 11 is 0. The van der Waals surface area contributed by atoms with Crippen molar-refractivity contribution in [1.29, 1.82) is 0 Å². The molecule has 4 heteroatoms. The fourth-order valence-corrected chi connectivity index (χ4v) is 3.47. The van der Waals surface area contributed by atoms with E-state index in [1.54, 1.807) is 0 Å². The highest BCUT2D eigenvalue weighted by Crippen LogP contribution is 2.43. The Labute approximate surface area is 152 Å². The maximum absolute atomic E-state index is 12.7. The van der Waals surface area contributed by atoms with Crippen molar-refractivity contribution in [2.24, 2.45) is 5.92 Å². The summed E-state index contributed by atoms with van der Waals surface area (Å²) in [5, 5.41) is 13.3. The third-order valence-electron chi connectivity index (χ3n) is 5.49. The number of aromatic hydroxyl groups is 1. The highest BCUT2D eigenvalue weighted by molar-refractivity contribution is 5.85. The monoisotopic (exact) mass is 347 g/mol. The van der Waals surface area contributed by atoms with Gasteiger partial charge in [0.05, 0.1) is 0 Å². The zero-order valence-electron chi connectivity index (χ0n) is 16.6. The van der Waals surface area contributed by atoms with Gasteiger partial charge in [-0.05, 0) is 63.1 Å². The molecule has 25 heavy (non-hydrogen) atoms. The number of hydrogen-bond acceptors (Lipinski definition) is 3. The predicted molar refractivity (Wildman–Crippen MR) is 101 cm³/mol. The molecule has 1 heterocycles. The van der Waals surface area contributed by atoms with Crippen molar-refractivity contribution in [3.05, 3.63) is 22.3 Å². The molecule has 1 aromatic carbocycles. The molecule has 0 fully saturated rings. The lowest BCUT2D eigenvalue weighted by molar-refractivity contribution is -0.136. The lowest BCUT2D eigenvalue weighted by Crippen LogP contribution is -2.51. The first-order chi connectivity index (χ1) is 11.7. The average molecular weight is 347 g/mol. The Morgan fingerprint density at radius 1 is 1.20 bits per heavy atom. The Bertz CT molecular complexity index is 651. The average Bonchev–Trinajstić information content (AvgIpc) is 2.57. The summed E-state index contributed by atoms with van der Waals surface area (Å²) in [6, 6.07) is 0. The van der Waals surface area contributed by atoms with Crippen molar-refractivity contribution in [3.8, 4) is 11.5 Å². The quantitative estimate of drug-likeness (QED) is 0.753. The van der Waals surface area contributed by atoms with Crippen LogP contribution in [0.2, 0.25) is 0 Å². The standard InChI is InChI=1S/C21H33NO3/c1-13(2)9-7-8-12-22-20(24)21(6)11-10-17-16(5)18(23)14(3)15(4)19(17)25-21/h13,23H,7-12H2,1-6H3,(H,22,24). The second-order valence-electron chi connectivity index (χ2n) is 8.01. The minimum Gasteiger partial charge on any atom is -0.507 e. The van der Waals surface area contributed by atoms with E-state index >= 15 is 0 Å². The van der Waals surface area contributed by atoms with Gasteiger partial charge in [-0.1, -0.05) is 26.7 Å². The molecule has 1 aliphatic rings.